The summed E-state index contributed by atoms with van der Waals surface area (Å²) in [6.45, 7) is 0.757. The Labute approximate surface area is 111 Å². The van der Waals surface area contributed by atoms with Gasteiger partial charge in [-0.05, 0) is 42.9 Å². The van der Waals surface area contributed by atoms with Crippen molar-refractivity contribution in [2.75, 3.05) is 14.2 Å². The molecule has 1 aromatic carbocycles. The number of rotatable bonds is 4. The Bertz CT molecular complexity index is 584. The Balaban J connectivity index is 2.40. The zero-order valence-corrected chi connectivity index (χ0v) is 11.2. The van der Waals surface area contributed by atoms with E-state index in [1.807, 2.05) is 31.3 Å². The zero-order valence-electron chi connectivity index (χ0n) is 10.4. The minimum Gasteiger partial charge on any atom is -0.496 e. The summed E-state index contributed by atoms with van der Waals surface area (Å²) in [6, 6.07) is 12.1. The second kappa shape index (κ2) is 5.67. The molecule has 0 radical (unpaired) electrons. The highest BCUT2D eigenvalue weighted by molar-refractivity contribution is 7.16. The predicted octanol–water partition coefficient (Wildman–Crippen LogP) is 3.01. The van der Waals surface area contributed by atoms with Crippen LogP contribution in [0.4, 0.5) is 0 Å². The molecule has 0 atom stereocenters. The molecule has 92 valence electrons. The van der Waals surface area contributed by atoms with E-state index in [4.69, 9.17) is 10.00 Å². The molecule has 1 N–H and O–H groups in total. The van der Waals surface area contributed by atoms with E-state index < -0.39 is 0 Å². The summed E-state index contributed by atoms with van der Waals surface area (Å²) < 4.78 is 5.33. The molecule has 3 nitrogen and oxygen atoms in total. The van der Waals surface area contributed by atoms with Crippen molar-refractivity contribution in [3.63, 3.8) is 0 Å². The third kappa shape index (κ3) is 2.53. The van der Waals surface area contributed by atoms with Crippen molar-refractivity contribution in [3.05, 3.63) is 40.8 Å². The number of ether oxygens (including phenoxy) is 1. The Hall–Kier alpha value is -1.83. The van der Waals surface area contributed by atoms with Crippen LogP contribution in [0.2, 0.25) is 0 Å². The summed E-state index contributed by atoms with van der Waals surface area (Å²) in [7, 11) is 3.58. The molecule has 1 heterocycles. The highest BCUT2D eigenvalue weighted by Crippen LogP contribution is 2.31. The van der Waals surface area contributed by atoms with Gasteiger partial charge in [-0.1, -0.05) is 0 Å². The van der Waals surface area contributed by atoms with Gasteiger partial charge in [0.05, 0.1) is 7.11 Å². The first-order valence-corrected chi connectivity index (χ1v) is 6.42. The fourth-order valence-electron chi connectivity index (χ4n) is 1.81. The SMILES string of the molecule is CNCc1cc(-c2ccc(C#N)s2)ccc1OC. The van der Waals surface area contributed by atoms with Gasteiger partial charge in [-0.15, -0.1) is 11.3 Å². The highest BCUT2D eigenvalue weighted by atomic mass is 32.1. The molecule has 2 rings (SSSR count). The molecule has 0 fully saturated rings. The van der Waals surface area contributed by atoms with E-state index in [0.29, 0.717) is 0 Å². The van der Waals surface area contributed by atoms with E-state index in [9.17, 15) is 0 Å². The number of methoxy groups -OCH3 is 1. The number of nitrogens with one attached hydrogen (secondary N) is 1. The van der Waals surface area contributed by atoms with Crippen molar-refractivity contribution in [1.82, 2.24) is 5.32 Å². The van der Waals surface area contributed by atoms with Crippen molar-refractivity contribution in [3.8, 4) is 22.3 Å². The number of nitrogens with zero attached hydrogens (tertiary/aromatic N) is 1. The summed E-state index contributed by atoms with van der Waals surface area (Å²) >= 11 is 1.50. The van der Waals surface area contributed by atoms with Crippen molar-refractivity contribution in [2.24, 2.45) is 0 Å². The summed E-state index contributed by atoms with van der Waals surface area (Å²) in [4.78, 5) is 1.84. The smallest absolute Gasteiger partial charge is 0.123 e. The van der Waals surface area contributed by atoms with Crippen LogP contribution in [0.3, 0.4) is 0 Å². The third-order valence-electron chi connectivity index (χ3n) is 2.65. The van der Waals surface area contributed by atoms with Crippen LogP contribution in [0.25, 0.3) is 10.4 Å². The average Bonchev–Trinajstić information content (AvgIpc) is 2.88. The van der Waals surface area contributed by atoms with Crippen molar-refractivity contribution >= 4 is 11.3 Å². The Morgan fingerprint density at radius 3 is 2.78 bits per heavy atom. The van der Waals surface area contributed by atoms with Crippen LogP contribution in [0.15, 0.2) is 30.3 Å². The predicted molar refractivity (Wildman–Crippen MR) is 73.8 cm³/mol. The maximum atomic E-state index is 8.85. The first-order chi connectivity index (χ1) is 8.78. The van der Waals surface area contributed by atoms with Gasteiger partial charge >= 0.3 is 0 Å². The fourth-order valence-corrected chi connectivity index (χ4v) is 2.61. The van der Waals surface area contributed by atoms with Gasteiger partial charge in [-0.3, -0.25) is 0 Å². The van der Waals surface area contributed by atoms with Crippen LogP contribution in [-0.2, 0) is 6.54 Å². The molecule has 0 aliphatic carbocycles. The normalized spacial score (nSPS) is 10.1. The lowest BCUT2D eigenvalue weighted by atomic mass is 10.1. The zero-order chi connectivity index (χ0) is 13.0. The highest BCUT2D eigenvalue weighted by Gasteiger charge is 2.07. The van der Waals surface area contributed by atoms with E-state index >= 15 is 0 Å². The molecule has 1 aromatic heterocycles. The molecular formula is C14H14N2OS. The van der Waals surface area contributed by atoms with E-state index in [2.05, 4.69) is 17.5 Å². The van der Waals surface area contributed by atoms with Gasteiger partial charge in [0.25, 0.3) is 0 Å². The van der Waals surface area contributed by atoms with Gasteiger partial charge in [-0.25, -0.2) is 0 Å². The lowest BCUT2D eigenvalue weighted by molar-refractivity contribution is 0.408. The Morgan fingerprint density at radius 2 is 2.17 bits per heavy atom. The summed E-state index contributed by atoms with van der Waals surface area (Å²) in [5.41, 5.74) is 2.23. The largest absolute Gasteiger partial charge is 0.496 e. The molecule has 0 spiro atoms. The van der Waals surface area contributed by atoms with Gasteiger partial charge in [0, 0.05) is 17.0 Å². The number of hydrogen-bond acceptors (Lipinski definition) is 4. The molecule has 4 heteroatoms. The number of thiophene rings is 1. The monoisotopic (exact) mass is 258 g/mol. The fraction of sp³-hybridized carbons (Fsp3) is 0.214. The lowest BCUT2D eigenvalue weighted by Gasteiger charge is -2.09. The molecule has 0 bridgehead atoms. The van der Waals surface area contributed by atoms with Crippen LogP contribution in [-0.4, -0.2) is 14.2 Å². The lowest BCUT2D eigenvalue weighted by Crippen LogP contribution is -2.06. The van der Waals surface area contributed by atoms with Crippen molar-refractivity contribution < 1.29 is 4.74 Å². The second-order valence-electron chi connectivity index (χ2n) is 3.83. The quantitative estimate of drug-likeness (QED) is 0.917. The van der Waals surface area contributed by atoms with E-state index in [-0.39, 0.29) is 0 Å². The van der Waals surface area contributed by atoms with Crippen LogP contribution in [0.1, 0.15) is 10.4 Å². The number of nitriles is 1. The van der Waals surface area contributed by atoms with E-state index in [0.717, 1.165) is 33.2 Å². The minimum absolute atomic E-state index is 0.732. The summed E-state index contributed by atoms with van der Waals surface area (Å²) in [5, 5.41) is 12.0. The van der Waals surface area contributed by atoms with Gasteiger partial charge in [0.15, 0.2) is 0 Å². The molecular weight excluding hydrogens is 244 g/mol. The first-order valence-electron chi connectivity index (χ1n) is 5.60. The summed E-state index contributed by atoms with van der Waals surface area (Å²) in [5.74, 6) is 0.880. The van der Waals surface area contributed by atoms with E-state index in [1.165, 1.54) is 11.3 Å². The topological polar surface area (TPSA) is 45.0 Å². The Kier molecular flexibility index (Phi) is 3.98. The minimum atomic E-state index is 0.732. The van der Waals surface area contributed by atoms with Crippen LogP contribution >= 0.6 is 11.3 Å². The van der Waals surface area contributed by atoms with Gasteiger partial charge < -0.3 is 10.1 Å². The molecule has 0 unspecified atom stereocenters. The third-order valence-corrected chi connectivity index (χ3v) is 3.69. The molecule has 18 heavy (non-hydrogen) atoms. The molecule has 2 aromatic rings. The van der Waals surface area contributed by atoms with Crippen molar-refractivity contribution in [2.45, 2.75) is 6.54 Å². The number of hydrogen-bond donors (Lipinski definition) is 1. The van der Waals surface area contributed by atoms with Crippen LogP contribution < -0.4 is 10.1 Å². The maximum absolute atomic E-state index is 8.85. The first kappa shape index (κ1) is 12.6. The van der Waals surface area contributed by atoms with E-state index in [1.54, 1.807) is 7.11 Å². The van der Waals surface area contributed by atoms with Gasteiger partial charge in [-0.2, -0.15) is 5.26 Å². The molecule has 0 amide bonds. The second-order valence-corrected chi connectivity index (χ2v) is 4.92. The maximum Gasteiger partial charge on any atom is 0.123 e. The van der Waals surface area contributed by atoms with Crippen LogP contribution in [0.5, 0.6) is 5.75 Å². The molecule has 0 aliphatic rings. The van der Waals surface area contributed by atoms with Crippen LogP contribution in [0, 0.1) is 11.3 Å². The molecule has 0 saturated heterocycles. The standard InChI is InChI=1S/C14H14N2OS/c1-16-9-11-7-10(3-5-13(11)17-2)14-6-4-12(8-15)18-14/h3-7,16H,9H2,1-2H3. The molecule has 0 aliphatic heterocycles. The Morgan fingerprint density at radius 1 is 1.33 bits per heavy atom. The van der Waals surface area contributed by atoms with Gasteiger partial charge in [0.2, 0.25) is 0 Å². The average molecular weight is 258 g/mol. The number of benzene rings is 1. The summed E-state index contributed by atoms with van der Waals surface area (Å²) in [6.07, 6.45) is 0. The van der Waals surface area contributed by atoms with Crippen molar-refractivity contribution in [1.29, 1.82) is 5.26 Å². The van der Waals surface area contributed by atoms with Gasteiger partial charge in [0.1, 0.15) is 16.7 Å². The molecule has 0 saturated carbocycles.